The Balaban J connectivity index is 1.46. The summed E-state index contributed by atoms with van der Waals surface area (Å²) in [4.78, 5) is 0. The van der Waals surface area contributed by atoms with E-state index in [1.54, 1.807) is 0 Å². The Hall–Kier alpha value is -6.12. The van der Waals surface area contributed by atoms with E-state index in [2.05, 4.69) is 146 Å². The fourth-order valence-corrected chi connectivity index (χ4v) is 8.20. The highest BCUT2D eigenvalue weighted by molar-refractivity contribution is 5.99. The van der Waals surface area contributed by atoms with Gasteiger partial charge in [-0.05, 0) is 126 Å². The summed E-state index contributed by atoms with van der Waals surface area (Å²) in [5.41, 5.74) is 12.3. The number of hydrogen-bond acceptors (Lipinski definition) is 2. The largest absolute Gasteiger partial charge is 0.508 e. The Morgan fingerprint density at radius 1 is 0.367 bits per heavy atom. The monoisotopic (exact) mass is 630 g/mol. The fourth-order valence-electron chi connectivity index (χ4n) is 8.20. The van der Waals surface area contributed by atoms with Crippen molar-refractivity contribution in [3.05, 3.63) is 191 Å². The van der Waals surface area contributed by atoms with Crippen LogP contribution < -0.4 is 0 Å². The van der Waals surface area contributed by atoms with Gasteiger partial charge in [-0.25, -0.2) is 0 Å². The van der Waals surface area contributed by atoms with E-state index in [1.165, 1.54) is 43.8 Å². The summed E-state index contributed by atoms with van der Waals surface area (Å²) in [6.07, 6.45) is 0. The number of aromatic hydroxyl groups is 2. The molecule has 9 rings (SSSR count). The van der Waals surface area contributed by atoms with Crippen LogP contribution in [-0.2, 0) is 5.41 Å². The normalized spacial score (nSPS) is 13.0. The summed E-state index contributed by atoms with van der Waals surface area (Å²) >= 11 is 0. The van der Waals surface area contributed by atoms with Crippen molar-refractivity contribution in [2.45, 2.75) is 19.3 Å². The molecule has 0 bridgehead atoms. The van der Waals surface area contributed by atoms with Crippen molar-refractivity contribution < 1.29 is 10.2 Å². The standard InChI is InChI=1S/C47H34O2/c1-29-25-37(21-23-43(29)48)47(38-22-24-44(49)30(2)26-38)45-39(35-19-17-31-9-3-5-11-33(31)27-35)13-7-15-41(45)42-16-8-14-40(46(42)47)36-20-18-32-10-4-6-12-34(32)28-36/h3-28,48-49H,1-2H3. The van der Waals surface area contributed by atoms with Crippen LogP contribution in [0.2, 0.25) is 0 Å². The van der Waals surface area contributed by atoms with Crippen molar-refractivity contribution in [2.24, 2.45) is 0 Å². The van der Waals surface area contributed by atoms with Crippen LogP contribution in [-0.4, -0.2) is 10.2 Å². The molecular formula is C47H34O2. The van der Waals surface area contributed by atoms with Gasteiger partial charge in [-0.2, -0.15) is 0 Å². The number of phenols is 2. The molecular weight excluding hydrogens is 597 g/mol. The first kappa shape index (κ1) is 29.1. The first-order chi connectivity index (χ1) is 23.9. The second-order valence-corrected chi connectivity index (χ2v) is 13.3. The van der Waals surface area contributed by atoms with Gasteiger partial charge < -0.3 is 10.2 Å². The lowest BCUT2D eigenvalue weighted by molar-refractivity contribution is 0.470. The first-order valence-electron chi connectivity index (χ1n) is 16.8. The average Bonchev–Trinajstić information content (AvgIpc) is 3.45. The Morgan fingerprint density at radius 2 is 0.776 bits per heavy atom. The van der Waals surface area contributed by atoms with Crippen molar-refractivity contribution in [1.29, 1.82) is 0 Å². The lowest BCUT2D eigenvalue weighted by Gasteiger charge is -2.37. The number of phenolic OH excluding ortho intramolecular Hbond substituents is 2. The molecule has 1 aliphatic rings. The molecule has 0 aliphatic heterocycles. The third kappa shape index (κ3) is 4.34. The summed E-state index contributed by atoms with van der Waals surface area (Å²) in [6.45, 7) is 3.94. The molecule has 0 radical (unpaired) electrons. The minimum absolute atomic E-state index is 0.268. The molecule has 0 saturated heterocycles. The molecule has 0 amide bonds. The SMILES string of the molecule is Cc1cc(C2(c3ccc(O)c(C)c3)c3c(-c4ccc5ccccc5c4)cccc3-c3cccc(-c4ccc5ccccc5c4)c32)ccc1O. The van der Waals surface area contributed by atoms with Crippen molar-refractivity contribution in [3.8, 4) is 44.9 Å². The van der Waals surface area contributed by atoms with Crippen LogP contribution in [0.5, 0.6) is 11.5 Å². The van der Waals surface area contributed by atoms with Gasteiger partial charge in [0, 0.05) is 0 Å². The van der Waals surface area contributed by atoms with E-state index < -0.39 is 5.41 Å². The van der Waals surface area contributed by atoms with Crippen LogP contribution in [0.1, 0.15) is 33.4 Å². The maximum absolute atomic E-state index is 10.8. The summed E-state index contributed by atoms with van der Waals surface area (Å²) in [5.74, 6) is 0.537. The van der Waals surface area contributed by atoms with Gasteiger partial charge in [-0.15, -0.1) is 0 Å². The molecule has 49 heavy (non-hydrogen) atoms. The molecule has 2 heteroatoms. The van der Waals surface area contributed by atoms with Gasteiger partial charge >= 0.3 is 0 Å². The van der Waals surface area contributed by atoms with E-state index in [9.17, 15) is 10.2 Å². The molecule has 1 aliphatic carbocycles. The lowest BCUT2D eigenvalue weighted by atomic mass is 9.64. The van der Waals surface area contributed by atoms with Crippen LogP contribution in [0.3, 0.4) is 0 Å². The topological polar surface area (TPSA) is 40.5 Å². The van der Waals surface area contributed by atoms with Crippen molar-refractivity contribution >= 4 is 21.5 Å². The highest BCUT2D eigenvalue weighted by Crippen LogP contribution is 2.61. The molecule has 2 nitrogen and oxygen atoms in total. The van der Waals surface area contributed by atoms with Crippen LogP contribution >= 0.6 is 0 Å². The predicted octanol–water partition coefficient (Wildman–Crippen LogP) is 11.7. The van der Waals surface area contributed by atoms with Crippen molar-refractivity contribution in [3.63, 3.8) is 0 Å². The smallest absolute Gasteiger partial charge is 0.118 e. The second-order valence-electron chi connectivity index (χ2n) is 13.3. The zero-order valence-electron chi connectivity index (χ0n) is 27.4. The van der Waals surface area contributed by atoms with Gasteiger partial charge in [0.15, 0.2) is 0 Å². The summed E-state index contributed by atoms with van der Waals surface area (Å²) in [5, 5.41) is 26.5. The molecule has 0 fully saturated rings. The summed E-state index contributed by atoms with van der Waals surface area (Å²) < 4.78 is 0. The van der Waals surface area contributed by atoms with Gasteiger partial charge in [-0.1, -0.05) is 133 Å². The molecule has 0 heterocycles. The highest BCUT2D eigenvalue weighted by Gasteiger charge is 2.49. The number of rotatable bonds is 4. The Kier molecular flexibility index (Phi) is 6.50. The van der Waals surface area contributed by atoms with Gasteiger partial charge in [-0.3, -0.25) is 0 Å². The number of hydrogen-bond donors (Lipinski definition) is 2. The maximum atomic E-state index is 10.8. The fraction of sp³-hybridized carbons (Fsp3) is 0.0638. The Labute approximate surface area is 286 Å². The van der Waals surface area contributed by atoms with Crippen molar-refractivity contribution in [2.75, 3.05) is 0 Å². The molecule has 0 spiro atoms. The predicted molar refractivity (Wildman–Crippen MR) is 202 cm³/mol. The van der Waals surface area contributed by atoms with E-state index >= 15 is 0 Å². The van der Waals surface area contributed by atoms with E-state index in [4.69, 9.17) is 0 Å². The molecule has 0 aromatic heterocycles. The Bertz CT molecular complexity index is 2430. The van der Waals surface area contributed by atoms with Gasteiger partial charge in [0.05, 0.1) is 5.41 Å². The molecule has 0 atom stereocenters. The zero-order chi connectivity index (χ0) is 33.3. The lowest BCUT2D eigenvalue weighted by Crippen LogP contribution is -2.30. The molecule has 2 N–H and O–H groups in total. The quantitative estimate of drug-likeness (QED) is 0.203. The minimum Gasteiger partial charge on any atom is -0.508 e. The first-order valence-corrected chi connectivity index (χ1v) is 16.8. The second kappa shape index (κ2) is 11.0. The molecule has 8 aromatic carbocycles. The van der Waals surface area contributed by atoms with E-state index in [-0.39, 0.29) is 11.5 Å². The number of benzene rings is 8. The average molecular weight is 631 g/mol. The van der Waals surface area contributed by atoms with Crippen LogP contribution in [0.4, 0.5) is 0 Å². The van der Waals surface area contributed by atoms with Gasteiger partial charge in [0.25, 0.3) is 0 Å². The zero-order valence-corrected chi connectivity index (χ0v) is 27.4. The number of fused-ring (bicyclic) bond motifs is 5. The van der Waals surface area contributed by atoms with Crippen molar-refractivity contribution in [1.82, 2.24) is 0 Å². The highest BCUT2D eigenvalue weighted by atomic mass is 16.3. The van der Waals surface area contributed by atoms with E-state index in [1.807, 2.05) is 26.0 Å². The van der Waals surface area contributed by atoms with Gasteiger partial charge in [0.1, 0.15) is 11.5 Å². The third-order valence-electron chi connectivity index (χ3n) is 10.5. The minimum atomic E-state index is -0.786. The molecule has 8 aromatic rings. The van der Waals surface area contributed by atoms with Gasteiger partial charge in [0.2, 0.25) is 0 Å². The molecule has 0 saturated carbocycles. The summed E-state index contributed by atoms with van der Waals surface area (Å²) in [6, 6.07) is 56.0. The molecule has 234 valence electrons. The van der Waals surface area contributed by atoms with Crippen LogP contribution in [0.25, 0.3) is 54.9 Å². The summed E-state index contributed by atoms with van der Waals surface area (Å²) in [7, 11) is 0. The maximum Gasteiger partial charge on any atom is 0.118 e. The van der Waals surface area contributed by atoms with Crippen LogP contribution in [0.15, 0.2) is 158 Å². The Morgan fingerprint density at radius 3 is 1.20 bits per heavy atom. The number of aryl methyl sites for hydroxylation is 2. The van der Waals surface area contributed by atoms with E-state index in [0.29, 0.717) is 0 Å². The molecule has 0 unspecified atom stereocenters. The van der Waals surface area contributed by atoms with E-state index in [0.717, 1.165) is 44.5 Å². The van der Waals surface area contributed by atoms with Crippen LogP contribution in [0, 0.1) is 13.8 Å². The third-order valence-corrected chi connectivity index (χ3v) is 10.5.